The van der Waals surface area contributed by atoms with Crippen molar-refractivity contribution in [1.29, 1.82) is 0 Å². The minimum Gasteiger partial charge on any atom is -0.474 e. The molecule has 38 heavy (non-hydrogen) atoms. The van der Waals surface area contributed by atoms with Gasteiger partial charge in [0.15, 0.2) is 5.82 Å². The fourth-order valence-electron chi connectivity index (χ4n) is 5.49. The minimum absolute atomic E-state index is 0.0605. The third-order valence-corrected chi connectivity index (χ3v) is 7.68. The van der Waals surface area contributed by atoms with Crippen molar-refractivity contribution in [3.63, 3.8) is 0 Å². The number of nitrogens with two attached hydrogens (primary N) is 1. The standard InChI is InChI=1S/C26H28F2N6O4/c1-13-17(8-32-25-24(13)30-3-5-38-25)16-6-14-7-21(31-9-18(14)23(29)22(16)28)34(26(35)36)20-2-4-33(10-19(20)27)15-11-37-12-15/h6-9,15,19-20,30H,2-5,10-12,29H2,1H3,(H,35,36). The highest BCUT2D eigenvalue weighted by molar-refractivity contribution is 5.99. The zero-order valence-electron chi connectivity index (χ0n) is 20.8. The Morgan fingerprint density at radius 1 is 1.26 bits per heavy atom. The van der Waals surface area contributed by atoms with E-state index in [0.29, 0.717) is 67.2 Å². The molecule has 0 spiro atoms. The summed E-state index contributed by atoms with van der Waals surface area (Å²) in [6.07, 6.45) is 0.483. The average molecular weight is 527 g/mol. The summed E-state index contributed by atoms with van der Waals surface area (Å²) in [5.41, 5.74) is 8.24. The first-order valence-corrected chi connectivity index (χ1v) is 12.6. The van der Waals surface area contributed by atoms with Gasteiger partial charge in [-0.1, -0.05) is 0 Å². The lowest BCUT2D eigenvalue weighted by Gasteiger charge is -2.44. The Bertz CT molecular complexity index is 1420. The smallest absolute Gasteiger partial charge is 0.413 e. The third-order valence-electron chi connectivity index (χ3n) is 7.68. The fourth-order valence-corrected chi connectivity index (χ4v) is 5.49. The molecule has 2 aromatic heterocycles. The van der Waals surface area contributed by atoms with Crippen LogP contribution in [0.5, 0.6) is 5.88 Å². The maximum absolute atomic E-state index is 15.5. The summed E-state index contributed by atoms with van der Waals surface area (Å²) in [4.78, 5) is 23.9. The first kappa shape index (κ1) is 24.6. The van der Waals surface area contributed by atoms with E-state index in [1.54, 1.807) is 6.07 Å². The zero-order chi connectivity index (χ0) is 26.6. The summed E-state index contributed by atoms with van der Waals surface area (Å²) in [6.45, 7) is 4.74. The zero-order valence-corrected chi connectivity index (χ0v) is 20.8. The lowest BCUT2D eigenvalue weighted by atomic mass is 9.96. The number of alkyl halides is 1. The molecule has 0 saturated carbocycles. The van der Waals surface area contributed by atoms with Gasteiger partial charge in [0.25, 0.3) is 0 Å². The summed E-state index contributed by atoms with van der Waals surface area (Å²) in [6, 6.07) is 2.39. The number of halogens is 2. The number of piperidine rings is 1. The molecule has 0 bridgehead atoms. The van der Waals surface area contributed by atoms with Crippen LogP contribution in [0.15, 0.2) is 24.5 Å². The number of rotatable bonds is 4. The number of nitrogens with one attached hydrogen (secondary N) is 1. The predicted octanol–water partition coefficient (Wildman–Crippen LogP) is 3.43. The average Bonchev–Trinajstić information content (AvgIpc) is 2.87. The van der Waals surface area contributed by atoms with E-state index in [2.05, 4.69) is 15.3 Å². The molecule has 5 heterocycles. The number of anilines is 3. The number of aromatic nitrogens is 2. The van der Waals surface area contributed by atoms with Gasteiger partial charge in [-0.2, -0.15) is 0 Å². The summed E-state index contributed by atoms with van der Waals surface area (Å²) in [5, 5.41) is 14.1. The van der Waals surface area contributed by atoms with E-state index in [4.69, 9.17) is 15.2 Å². The van der Waals surface area contributed by atoms with Crippen molar-refractivity contribution in [2.45, 2.75) is 31.6 Å². The van der Waals surface area contributed by atoms with E-state index in [-0.39, 0.29) is 29.7 Å². The van der Waals surface area contributed by atoms with Crippen LogP contribution in [0.4, 0.5) is 30.8 Å². The van der Waals surface area contributed by atoms with Crippen LogP contribution in [0.25, 0.3) is 21.9 Å². The third kappa shape index (κ3) is 4.04. The summed E-state index contributed by atoms with van der Waals surface area (Å²) in [5.74, 6) is -0.114. The Morgan fingerprint density at radius 2 is 2.08 bits per heavy atom. The van der Waals surface area contributed by atoms with Crippen molar-refractivity contribution in [3.8, 4) is 17.0 Å². The topological polar surface area (TPSA) is 126 Å². The number of fused-ring (bicyclic) bond motifs is 2. The second-order valence-corrected chi connectivity index (χ2v) is 9.88. The van der Waals surface area contributed by atoms with Gasteiger partial charge in [-0.3, -0.25) is 9.80 Å². The molecule has 4 N–H and O–H groups in total. The number of carbonyl (C=O) groups is 1. The van der Waals surface area contributed by atoms with E-state index in [0.717, 1.165) is 10.5 Å². The van der Waals surface area contributed by atoms with Gasteiger partial charge in [-0.15, -0.1) is 0 Å². The Kier molecular flexibility index (Phi) is 6.15. The molecule has 2 saturated heterocycles. The van der Waals surface area contributed by atoms with Gasteiger partial charge >= 0.3 is 6.09 Å². The molecular formula is C26H28F2N6O4. The van der Waals surface area contributed by atoms with Crippen LogP contribution in [0, 0.1) is 12.7 Å². The van der Waals surface area contributed by atoms with E-state index in [1.165, 1.54) is 18.5 Å². The van der Waals surface area contributed by atoms with Gasteiger partial charge < -0.3 is 25.6 Å². The maximum atomic E-state index is 15.5. The normalized spacial score (nSPS) is 21.8. The molecule has 200 valence electrons. The number of carboxylic acid groups (broad SMARTS) is 1. The number of likely N-dealkylation sites (tertiary alicyclic amines) is 1. The molecule has 0 radical (unpaired) electrons. The van der Waals surface area contributed by atoms with Gasteiger partial charge in [-0.25, -0.2) is 23.5 Å². The highest BCUT2D eigenvalue weighted by atomic mass is 19.1. The van der Waals surface area contributed by atoms with Crippen molar-refractivity contribution >= 4 is 34.1 Å². The molecule has 10 nitrogen and oxygen atoms in total. The highest BCUT2D eigenvalue weighted by Gasteiger charge is 2.40. The molecule has 3 aliphatic heterocycles. The summed E-state index contributed by atoms with van der Waals surface area (Å²) in [7, 11) is 0. The maximum Gasteiger partial charge on any atom is 0.413 e. The SMILES string of the molecule is Cc1c(-c2cc3cc(N(C(=O)O)C4CCN(C5COC5)CC4F)ncc3c(N)c2F)cnc2c1NCCO2. The molecule has 12 heteroatoms. The van der Waals surface area contributed by atoms with Crippen molar-refractivity contribution in [2.75, 3.05) is 55.4 Å². The summed E-state index contributed by atoms with van der Waals surface area (Å²) >= 11 is 0. The van der Waals surface area contributed by atoms with Crippen molar-refractivity contribution in [3.05, 3.63) is 35.9 Å². The predicted molar refractivity (Wildman–Crippen MR) is 138 cm³/mol. The van der Waals surface area contributed by atoms with Crippen LogP contribution in [0.2, 0.25) is 0 Å². The Morgan fingerprint density at radius 3 is 2.79 bits per heavy atom. The van der Waals surface area contributed by atoms with Crippen LogP contribution >= 0.6 is 0 Å². The van der Waals surface area contributed by atoms with Crippen LogP contribution in [-0.4, -0.2) is 83.8 Å². The van der Waals surface area contributed by atoms with Gasteiger partial charge in [0.05, 0.1) is 31.0 Å². The van der Waals surface area contributed by atoms with Crippen molar-refractivity contribution < 1.29 is 28.2 Å². The molecule has 0 aliphatic carbocycles. The molecule has 2 fully saturated rings. The fraction of sp³-hybridized carbons (Fsp3) is 0.423. The number of hydrogen-bond donors (Lipinski definition) is 3. The van der Waals surface area contributed by atoms with Crippen LogP contribution in [-0.2, 0) is 4.74 Å². The van der Waals surface area contributed by atoms with Crippen LogP contribution in [0.1, 0.15) is 12.0 Å². The molecule has 1 amide bonds. The second kappa shape index (κ2) is 9.52. The van der Waals surface area contributed by atoms with Crippen molar-refractivity contribution in [1.82, 2.24) is 14.9 Å². The van der Waals surface area contributed by atoms with Crippen molar-refractivity contribution in [2.24, 2.45) is 0 Å². The highest BCUT2D eigenvalue weighted by Crippen LogP contribution is 2.40. The molecule has 2 atom stereocenters. The van der Waals surface area contributed by atoms with Crippen LogP contribution in [0.3, 0.4) is 0 Å². The van der Waals surface area contributed by atoms with Gasteiger partial charge in [-0.05, 0) is 36.4 Å². The number of hydrogen-bond acceptors (Lipinski definition) is 8. The quantitative estimate of drug-likeness (QED) is 0.439. The monoisotopic (exact) mass is 526 g/mol. The molecule has 2 unspecified atom stereocenters. The lowest BCUT2D eigenvalue weighted by Crippen LogP contribution is -2.59. The minimum atomic E-state index is -1.40. The van der Waals surface area contributed by atoms with Gasteiger partial charge in [0.1, 0.15) is 24.3 Å². The largest absolute Gasteiger partial charge is 0.474 e. The lowest BCUT2D eigenvalue weighted by molar-refractivity contribution is -0.0803. The molecule has 6 rings (SSSR count). The van der Waals surface area contributed by atoms with E-state index < -0.39 is 24.1 Å². The number of amides is 1. The first-order valence-electron chi connectivity index (χ1n) is 12.6. The van der Waals surface area contributed by atoms with E-state index in [9.17, 15) is 9.90 Å². The number of nitrogen functional groups attached to an aromatic ring is 1. The number of pyridine rings is 2. The Labute approximate surface area is 217 Å². The van der Waals surface area contributed by atoms with E-state index >= 15 is 8.78 Å². The second-order valence-electron chi connectivity index (χ2n) is 9.88. The van der Waals surface area contributed by atoms with E-state index in [1.807, 2.05) is 11.8 Å². The Balaban J connectivity index is 1.38. The van der Waals surface area contributed by atoms with Crippen LogP contribution < -0.4 is 20.7 Å². The number of ether oxygens (including phenoxy) is 2. The molecule has 3 aliphatic rings. The number of benzene rings is 1. The molecule has 3 aromatic rings. The molecular weight excluding hydrogens is 498 g/mol. The van der Waals surface area contributed by atoms with Gasteiger partial charge in [0.2, 0.25) is 5.88 Å². The molecule has 1 aromatic carbocycles. The Hall–Kier alpha value is -3.77. The summed E-state index contributed by atoms with van der Waals surface area (Å²) < 4.78 is 41.6. The van der Waals surface area contributed by atoms with Gasteiger partial charge in [0, 0.05) is 48.5 Å². The first-order chi connectivity index (χ1) is 18.3. The number of nitrogens with zero attached hydrogens (tertiary/aromatic N) is 4.